The van der Waals surface area contributed by atoms with Crippen molar-refractivity contribution in [3.05, 3.63) is 45.7 Å². The summed E-state index contributed by atoms with van der Waals surface area (Å²) in [4.78, 5) is 18.9. The second-order valence-electron chi connectivity index (χ2n) is 16.0. The van der Waals surface area contributed by atoms with E-state index in [0.29, 0.717) is 11.8 Å². The molecule has 0 bridgehead atoms. The fourth-order valence-corrected chi connectivity index (χ4v) is 22.2. The quantitative estimate of drug-likeness (QED) is 0.0865. The van der Waals surface area contributed by atoms with Crippen molar-refractivity contribution in [2.24, 2.45) is 11.8 Å². The van der Waals surface area contributed by atoms with Crippen LogP contribution >= 0.6 is 45.3 Å². The Labute approximate surface area is 313 Å². The summed E-state index contributed by atoms with van der Waals surface area (Å²) in [7, 11) is 0. The molecular formula is C40H56F2S4Sn2. The van der Waals surface area contributed by atoms with E-state index in [1.165, 1.54) is 75.6 Å². The van der Waals surface area contributed by atoms with Gasteiger partial charge in [-0.05, 0) is 0 Å². The van der Waals surface area contributed by atoms with Crippen molar-refractivity contribution in [1.29, 1.82) is 0 Å². The molecule has 0 spiro atoms. The molecular weight excluding hydrogens is 884 g/mol. The van der Waals surface area contributed by atoms with Crippen LogP contribution in [-0.4, -0.2) is 36.8 Å². The Morgan fingerprint density at radius 1 is 0.562 bits per heavy atom. The number of halogens is 2. The molecule has 2 unspecified atom stereocenters. The molecule has 0 aliphatic carbocycles. The van der Waals surface area contributed by atoms with E-state index < -0.39 is 36.8 Å². The van der Waals surface area contributed by atoms with Crippen molar-refractivity contribution in [2.75, 3.05) is 0 Å². The third-order valence-corrected chi connectivity index (χ3v) is 33.4. The SMILES string of the molecule is CCCCC(CC)Cc1sc(-c2c3c[c]([Sn]([CH3])([CH3])[CH3])sc3c(-c3cc(F)c(CC(CC)CCCC)s3)c3c[c]([Sn]([CH3])([CH3])[CH3])sc23)cc1F. The van der Waals surface area contributed by atoms with E-state index in [2.05, 4.69) is 69.5 Å². The van der Waals surface area contributed by atoms with Gasteiger partial charge in [-0.15, -0.1) is 0 Å². The summed E-state index contributed by atoms with van der Waals surface area (Å²) < 4.78 is 37.4. The fourth-order valence-electron chi connectivity index (χ4n) is 6.75. The first-order valence-electron chi connectivity index (χ1n) is 18.3. The van der Waals surface area contributed by atoms with Gasteiger partial charge in [0.1, 0.15) is 0 Å². The Kier molecular flexibility index (Phi) is 13.4. The number of hydrogen-bond acceptors (Lipinski definition) is 4. The van der Waals surface area contributed by atoms with Crippen LogP contribution in [0.15, 0.2) is 24.3 Å². The summed E-state index contributed by atoms with van der Waals surface area (Å²) in [5.41, 5.74) is 2.46. The molecule has 4 heterocycles. The van der Waals surface area contributed by atoms with Gasteiger partial charge in [-0.2, -0.15) is 0 Å². The van der Waals surface area contributed by atoms with Crippen molar-refractivity contribution in [1.82, 2.24) is 0 Å². The zero-order valence-corrected chi connectivity index (χ0v) is 39.9. The van der Waals surface area contributed by atoms with Gasteiger partial charge in [0.2, 0.25) is 0 Å². The summed E-state index contributed by atoms with van der Waals surface area (Å²) in [5.74, 6) is 0.977. The van der Waals surface area contributed by atoms with Gasteiger partial charge in [0.25, 0.3) is 0 Å². The van der Waals surface area contributed by atoms with Gasteiger partial charge in [-0.1, -0.05) is 13.8 Å². The molecule has 0 radical (unpaired) electrons. The van der Waals surface area contributed by atoms with Crippen molar-refractivity contribution < 1.29 is 8.78 Å². The van der Waals surface area contributed by atoms with E-state index in [1.54, 1.807) is 22.7 Å². The van der Waals surface area contributed by atoms with E-state index in [9.17, 15) is 0 Å². The van der Waals surface area contributed by atoms with Crippen LogP contribution in [0.25, 0.3) is 41.1 Å². The van der Waals surface area contributed by atoms with Crippen molar-refractivity contribution in [3.8, 4) is 20.9 Å². The molecule has 5 aromatic rings. The second kappa shape index (κ2) is 16.3. The number of benzene rings is 1. The molecule has 5 rings (SSSR count). The first-order chi connectivity index (χ1) is 22.7. The van der Waals surface area contributed by atoms with Crippen LogP contribution in [-0.2, 0) is 12.8 Å². The topological polar surface area (TPSA) is 0 Å². The summed E-state index contributed by atoms with van der Waals surface area (Å²) in [6.45, 7) is 8.99. The minimum absolute atomic E-state index is 0.0360. The second-order valence-corrected chi connectivity index (χ2v) is 51.2. The molecule has 0 aliphatic rings. The Morgan fingerprint density at radius 2 is 0.938 bits per heavy atom. The van der Waals surface area contributed by atoms with Crippen LogP contribution in [0.3, 0.4) is 0 Å². The summed E-state index contributed by atoms with van der Waals surface area (Å²) in [5, 5.41) is 2.52. The van der Waals surface area contributed by atoms with Crippen LogP contribution in [0.1, 0.15) is 88.8 Å². The van der Waals surface area contributed by atoms with Crippen molar-refractivity contribution >= 4 is 108 Å². The number of thiophene rings is 4. The fraction of sp³-hybridized carbons (Fsp3) is 0.550. The third-order valence-electron chi connectivity index (χ3n) is 9.98. The molecule has 0 saturated carbocycles. The third kappa shape index (κ3) is 8.61. The predicted molar refractivity (Wildman–Crippen MR) is 224 cm³/mol. The number of unbranched alkanes of at least 4 members (excludes halogenated alkanes) is 2. The Morgan fingerprint density at radius 3 is 1.25 bits per heavy atom. The zero-order valence-electron chi connectivity index (χ0n) is 30.9. The molecule has 0 amide bonds. The van der Waals surface area contributed by atoms with Gasteiger partial charge in [0.05, 0.1) is 0 Å². The molecule has 0 fully saturated rings. The molecule has 262 valence electrons. The standard InChI is InChI=1S/C34H38F2S4.6CH3.2Sn/c1-5-9-11-21(7-3)17-27-25(35)19-29(39-27)31-23-13-15-38-34(23)32(24-14-16-37-33(24)31)30-20-26(36)28(40-30)18-22(8-4)12-10-6-2;;;;;;;;/h13-14,19-22H,5-12,17-18H2,1-4H3;6*1H3;;. The minimum atomic E-state index is -2.49. The molecule has 8 heteroatoms. The molecule has 1 aromatic carbocycles. The van der Waals surface area contributed by atoms with Gasteiger partial charge in [-0.25, -0.2) is 0 Å². The van der Waals surface area contributed by atoms with Gasteiger partial charge >= 0.3 is 303 Å². The normalized spacial score (nSPS) is 14.1. The Bertz CT molecular complexity index is 1660. The predicted octanol–water partition coefficient (Wildman–Crippen LogP) is 14.5. The molecule has 4 aromatic heterocycles. The van der Waals surface area contributed by atoms with Gasteiger partial charge in [0.15, 0.2) is 0 Å². The van der Waals surface area contributed by atoms with Crippen molar-refractivity contribution in [2.45, 2.75) is 122 Å². The maximum atomic E-state index is 15.9. The zero-order chi connectivity index (χ0) is 35.0. The van der Waals surface area contributed by atoms with E-state index in [-0.39, 0.29) is 11.6 Å². The first kappa shape index (κ1) is 39.2. The van der Waals surface area contributed by atoms with Crippen LogP contribution in [0.2, 0.25) is 29.6 Å². The first-order valence-corrected chi connectivity index (χ1v) is 41.6. The van der Waals surface area contributed by atoms with Crippen LogP contribution in [0.4, 0.5) is 8.78 Å². The van der Waals surface area contributed by atoms with E-state index in [4.69, 9.17) is 0 Å². The van der Waals surface area contributed by atoms with Gasteiger partial charge in [0, 0.05) is 0 Å². The average molecular weight is 941 g/mol. The summed E-state index contributed by atoms with van der Waals surface area (Å²) in [6, 6.07) is 8.65. The van der Waals surface area contributed by atoms with E-state index in [1.807, 2.05) is 34.8 Å². The van der Waals surface area contributed by atoms with Crippen LogP contribution in [0.5, 0.6) is 0 Å². The van der Waals surface area contributed by atoms with Gasteiger partial charge in [-0.3, -0.25) is 0 Å². The van der Waals surface area contributed by atoms with E-state index >= 15 is 8.78 Å². The monoisotopic (exact) mass is 942 g/mol. The van der Waals surface area contributed by atoms with Gasteiger partial charge < -0.3 is 0 Å². The maximum absolute atomic E-state index is 15.9. The molecule has 0 aliphatic heterocycles. The average Bonchev–Trinajstić information content (AvgIpc) is 3.81. The Hall–Kier alpha value is -0.00260. The number of rotatable bonds is 16. The van der Waals surface area contributed by atoms with Crippen LogP contribution < -0.4 is 5.79 Å². The molecule has 48 heavy (non-hydrogen) atoms. The van der Waals surface area contributed by atoms with Crippen LogP contribution in [0, 0.1) is 23.5 Å². The number of hydrogen-bond donors (Lipinski definition) is 0. The summed E-state index contributed by atoms with van der Waals surface area (Å²) >= 11 is 2.30. The molecule has 0 N–H and O–H groups in total. The number of fused-ring (bicyclic) bond motifs is 2. The molecule has 0 saturated heterocycles. The summed E-state index contributed by atoms with van der Waals surface area (Å²) in [6.07, 6.45) is 10.9. The Balaban J connectivity index is 1.76. The molecule has 2 atom stereocenters. The molecule has 0 nitrogen and oxygen atoms in total. The van der Waals surface area contributed by atoms with E-state index in [0.717, 1.165) is 45.2 Å². The van der Waals surface area contributed by atoms with Crippen molar-refractivity contribution in [3.63, 3.8) is 0 Å².